The van der Waals surface area contributed by atoms with Crippen LogP contribution in [0.25, 0.3) is 0 Å². The van der Waals surface area contributed by atoms with Crippen LogP contribution in [0.5, 0.6) is 5.75 Å². The van der Waals surface area contributed by atoms with E-state index >= 15 is 0 Å². The molecule has 0 saturated carbocycles. The molecule has 0 atom stereocenters. The van der Waals surface area contributed by atoms with E-state index in [0.29, 0.717) is 17.2 Å². The van der Waals surface area contributed by atoms with Gasteiger partial charge in [-0.15, -0.1) is 0 Å². The first-order valence-electron chi connectivity index (χ1n) is 9.26. The van der Waals surface area contributed by atoms with Gasteiger partial charge in [0.15, 0.2) is 0 Å². The van der Waals surface area contributed by atoms with Crippen LogP contribution in [0.2, 0.25) is 0 Å². The number of hydrogen-bond donors (Lipinski definition) is 0. The standard InChI is InChI=1S/C21H34NO5P/c1-11-26-17-15-13-12-14-16(17)18-22-21(19(2,3)4,20(5,6)7)28(23-8,24-9,25-10)27-18/h11-15H,1H2,2-10H3. The van der Waals surface area contributed by atoms with Crippen LogP contribution in [-0.2, 0) is 18.1 Å². The monoisotopic (exact) mass is 411 g/mol. The first-order chi connectivity index (χ1) is 12.9. The first-order valence-corrected chi connectivity index (χ1v) is 11.2. The summed E-state index contributed by atoms with van der Waals surface area (Å²) in [6.07, 6.45) is 1.37. The SMILES string of the molecule is C=COc1ccccc1C1=NC(C(C)(C)C)(C(C)(C)C)P(OC)(OC)(OC)O1. The summed E-state index contributed by atoms with van der Waals surface area (Å²) < 4.78 is 30.4. The number of hydrogen-bond acceptors (Lipinski definition) is 6. The quantitative estimate of drug-likeness (QED) is 0.429. The molecule has 7 heteroatoms. The summed E-state index contributed by atoms with van der Waals surface area (Å²) in [5, 5.41) is -0.958. The van der Waals surface area contributed by atoms with E-state index in [-0.39, 0.29) is 0 Å². The minimum atomic E-state index is -4.24. The Kier molecular flexibility index (Phi) is 5.79. The maximum absolute atomic E-state index is 6.53. The zero-order valence-corrected chi connectivity index (χ0v) is 19.4. The van der Waals surface area contributed by atoms with Gasteiger partial charge in [-0.05, 0) is 0 Å². The molecule has 6 nitrogen and oxygen atoms in total. The Balaban J connectivity index is 2.94. The summed E-state index contributed by atoms with van der Waals surface area (Å²) in [5.41, 5.74) is -0.180. The number of rotatable bonds is 6. The van der Waals surface area contributed by atoms with E-state index < -0.39 is 23.6 Å². The fraction of sp³-hybridized carbons (Fsp3) is 0.571. The molecule has 0 aromatic heterocycles. The van der Waals surface area contributed by atoms with Gasteiger partial charge in [-0.2, -0.15) is 0 Å². The van der Waals surface area contributed by atoms with Gasteiger partial charge in [0.1, 0.15) is 0 Å². The number of para-hydroxylation sites is 1. The van der Waals surface area contributed by atoms with E-state index in [2.05, 4.69) is 48.1 Å². The van der Waals surface area contributed by atoms with E-state index in [9.17, 15) is 0 Å². The first kappa shape index (κ1) is 22.8. The van der Waals surface area contributed by atoms with Gasteiger partial charge < -0.3 is 0 Å². The zero-order valence-electron chi connectivity index (χ0n) is 18.5. The van der Waals surface area contributed by atoms with Crippen LogP contribution < -0.4 is 4.74 Å². The third kappa shape index (κ3) is 2.81. The van der Waals surface area contributed by atoms with Crippen LogP contribution in [-0.4, -0.2) is 32.5 Å². The van der Waals surface area contributed by atoms with Gasteiger partial charge in [0.25, 0.3) is 0 Å². The fourth-order valence-corrected chi connectivity index (χ4v) is 9.18. The molecule has 0 fully saturated rings. The number of nitrogens with zero attached hydrogens (tertiary/aromatic N) is 1. The van der Waals surface area contributed by atoms with Crippen LogP contribution in [0.3, 0.4) is 0 Å². The van der Waals surface area contributed by atoms with E-state index in [1.54, 1.807) is 21.3 Å². The van der Waals surface area contributed by atoms with E-state index in [1.165, 1.54) is 6.26 Å². The fourth-order valence-electron chi connectivity index (χ4n) is 4.70. The molecular formula is C21H34NO5P. The van der Waals surface area contributed by atoms with E-state index in [1.807, 2.05) is 24.3 Å². The Bertz CT molecular complexity index is 747. The summed E-state index contributed by atoms with van der Waals surface area (Å²) in [5.74, 6) is 0.945. The molecule has 0 saturated heterocycles. The second-order valence-electron chi connectivity index (χ2n) is 8.82. The third-order valence-electron chi connectivity index (χ3n) is 5.40. The molecule has 1 heterocycles. The molecule has 0 bridgehead atoms. The average molecular weight is 411 g/mol. The van der Waals surface area contributed by atoms with Crippen LogP contribution >= 0.6 is 7.51 Å². The molecule has 1 aromatic carbocycles. The predicted molar refractivity (Wildman–Crippen MR) is 114 cm³/mol. The Morgan fingerprint density at radius 2 is 1.46 bits per heavy atom. The molecule has 0 spiro atoms. The van der Waals surface area contributed by atoms with Crippen LogP contribution in [0.1, 0.15) is 47.1 Å². The maximum atomic E-state index is 6.53. The molecule has 0 N–H and O–H groups in total. The molecule has 0 amide bonds. The van der Waals surface area contributed by atoms with Crippen molar-refractivity contribution in [1.29, 1.82) is 0 Å². The summed E-state index contributed by atoms with van der Waals surface area (Å²) in [4.78, 5) is 5.18. The molecule has 1 aliphatic rings. The second kappa shape index (κ2) is 7.10. The number of benzene rings is 1. The molecule has 0 aliphatic carbocycles. The van der Waals surface area contributed by atoms with Gasteiger partial charge >= 0.3 is 169 Å². The van der Waals surface area contributed by atoms with Crippen molar-refractivity contribution in [3.63, 3.8) is 0 Å². The van der Waals surface area contributed by atoms with E-state index in [4.69, 9.17) is 27.8 Å². The third-order valence-corrected chi connectivity index (χ3v) is 10.3. The van der Waals surface area contributed by atoms with Crippen molar-refractivity contribution in [1.82, 2.24) is 0 Å². The van der Waals surface area contributed by atoms with Crippen LogP contribution in [0.4, 0.5) is 0 Å². The van der Waals surface area contributed by atoms with Gasteiger partial charge in [0.2, 0.25) is 0 Å². The van der Waals surface area contributed by atoms with Crippen molar-refractivity contribution in [2.24, 2.45) is 15.8 Å². The minimum absolute atomic E-state index is 0.366. The molecule has 0 radical (unpaired) electrons. The van der Waals surface area contributed by atoms with Gasteiger partial charge in [-0.3, -0.25) is 0 Å². The summed E-state index contributed by atoms with van der Waals surface area (Å²) in [6.45, 7) is 16.2. The number of ether oxygens (including phenoxy) is 1. The predicted octanol–water partition coefficient (Wildman–Crippen LogP) is 5.93. The molecule has 1 aromatic rings. The molecule has 2 rings (SSSR count). The van der Waals surface area contributed by atoms with Gasteiger partial charge in [-0.25, -0.2) is 0 Å². The van der Waals surface area contributed by atoms with E-state index in [0.717, 1.165) is 0 Å². The Morgan fingerprint density at radius 3 is 1.86 bits per heavy atom. The van der Waals surface area contributed by atoms with Crippen molar-refractivity contribution in [3.05, 3.63) is 42.7 Å². The van der Waals surface area contributed by atoms with Crippen LogP contribution in [0.15, 0.2) is 42.1 Å². The van der Waals surface area contributed by atoms with Crippen molar-refractivity contribution in [2.75, 3.05) is 21.3 Å². The molecule has 28 heavy (non-hydrogen) atoms. The van der Waals surface area contributed by atoms with Crippen molar-refractivity contribution in [2.45, 2.75) is 46.8 Å². The van der Waals surface area contributed by atoms with Gasteiger partial charge in [0.05, 0.1) is 0 Å². The summed E-state index contributed by atoms with van der Waals surface area (Å²) in [6, 6.07) is 7.48. The van der Waals surface area contributed by atoms with Crippen molar-refractivity contribution < 1.29 is 22.8 Å². The summed E-state index contributed by atoms with van der Waals surface area (Å²) >= 11 is 0. The molecule has 1 aliphatic heterocycles. The van der Waals surface area contributed by atoms with Crippen molar-refractivity contribution >= 4 is 13.4 Å². The summed E-state index contributed by atoms with van der Waals surface area (Å²) in [7, 11) is 0.433. The molecule has 0 unspecified atom stereocenters. The van der Waals surface area contributed by atoms with Gasteiger partial charge in [-0.1, -0.05) is 0 Å². The molecule has 158 valence electrons. The molecular weight excluding hydrogens is 377 g/mol. The van der Waals surface area contributed by atoms with Gasteiger partial charge in [0, 0.05) is 0 Å². The van der Waals surface area contributed by atoms with Crippen LogP contribution in [0, 0.1) is 10.8 Å². The normalized spacial score (nSPS) is 21.8. The topological polar surface area (TPSA) is 58.5 Å². The zero-order chi connectivity index (χ0) is 21.5. The Morgan fingerprint density at radius 1 is 0.964 bits per heavy atom. The second-order valence-corrected chi connectivity index (χ2v) is 12.4. The average Bonchev–Trinajstić information content (AvgIpc) is 2.97. The Hall–Kier alpha value is -1.46. The number of aliphatic imine (C=N–C) groups is 1. The van der Waals surface area contributed by atoms with Crippen molar-refractivity contribution in [3.8, 4) is 5.75 Å². The Labute approximate surface area is 169 Å².